The molecule has 1 aromatic heterocycles. The van der Waals surface area contributed by atoms with Crippen molar-refractivity contribution in [1.29, 1.82) is 0 Å². The Balaban J connectivity index is 2.00. The Labute approximate surface area is 127 Å². The van der Waals surface area contributed by atoms with E-state index in [1.807, 2.05) is 26.8 Å². The van der Waals surface area contributed by atoms with Crippen molar-refractivity contribution in [2.24, 2.45) is 0 Å². The van der Waals surface area contributed by atoms with E-state index in [0.29, 0.717) is 12.2 Å². The second-order valence-corrected chi connectivity index (χ2v) is 6.80. The van der Waals surface area contributed by atoms with Gasteiger partial charge in [-0.1, -0.05) is 0 Å². The van der Waals surface area contributed by atoms with Crippen LogP contribution < -0.4 is 10.1 Å². The fourth-order valence-corrected chi connectivity index (χ4v) is 2.18. The van der Waals surface area contributed by atoms with Crippen molar-refractivity contribution in [3.05, 3.63) is 22.9 Å². The normalized spacial score (nSPS) is 22.0. The molecular formula is C14H19BrN2O3. The fourth-order valence-electron chi connectivity index (χ4n) is 1.84. The molecule has 20 heavy (non-hydrogen) atoms. The van der Waals surface area contributed by atoms with Gasteiger partial charge in [-0.2, -0.15) is 0 Å². The average molecular weight is 343 g/mol. The molecule has 0 radical (unpaired) electrons. The van der Waals surface area contributed by atoms with Crippen LogP contribution in [0.15, 0.2) is 22.9 Å². The summed E-state index contributed by atoms with van der Waals surface area (Å²) in [6, 6.07) is 1.81. The molecule has 0 unspecified atom stereocenters. The van der Waals surface area contributed by atoms with E-state index in [2.05, 4.69) is 26.2 Å². The van der Waals surface area contributed by atoms with E-state index in [1.54, 1.807) is 12.4 Å². The lowest BCUT2D eigenvalue weighted by atomic mass is 9.88. The first-order chi connectivity index (χ1) is 9.31. The molecule has 0 bridgehead atoms. The molecule has 0 aromatic carbocycles. The van der Waals surface area contributed by atoms with Gasteiger partial charge in [0.05, 0.1) is 6.20 Å². The topological polar surface area (TPSA) is 60.5 Å². The van der Waals surface area contributed by atoms with Crippen LogP contribution in [0.5, 0.6) is 5.75 Å². The molecule has 110 valence electrons. The average Bonchev–Trinajstić information content (AvgIpc) is 2.25. The van der Waals surface area contributed by atoms with Gasteiger partial charge in [-0.15, -0.1) is 0 Å². The van der Waals surface area contributed by atoms with Crippen LogP contribution in [-0.2, 0) is 9.53 Å². The standard InChI is InChI=1S/C14H19BrN2O3/c1-13(2,3)20-12(18)14(4-5-17-14)9-19-11-6-10(15)7-16-8-11/h6-8,17H,4-5,9H2,1-3H3/t14-/m0/s1. The Morgan fingerprint density at radius 3 is 2.70 bits per heavy atom. The summed E-state index contributed by atoms with van der Waals surface area (Å²) in [7, 11) is 0. The van der Waals surface area contributed by atoms with Crippen LogP contribution in [0.3, 0.4) is 0 Å². The number of ether oxygens (including phenoxy) is 2. The van der Waals surface area contributed by atoms with E-state index in [0.717, 1.165) is 11.0 Å². The highest BCUT2D eigenvalue weighted by Gasteiger charge is 2.47. The largest absolute Gasteiger partial charge is 0.489 e. The van der Waals surface area contributed by atoms with Crippen molar-refractivity contribution >= 4 is 21.9 Å². The summed E-state index contributed by atoms with van der Waals surface area (Å²) >= 11 is 3.33. The SMILES string of the molecule is CC(C)(C)OC(=O)[C@@]1(COc2cncc(Br)c2)CCN1. The zero-order valence-corrected chi connectivity index (χ0v) is 13.5. The Morgan fingerprint density at radius 1 is 1.50 bits per heavy atom. The van der Waals surface area contributed by atoms with Gasteiger partial charge in [0.2, 0.25) is 0 Å². The third-order valence-electron chi connectivity index (χ3n) is 2.97. The van der Waals surface area contributed by atoms with Crippen LogP contribution in [0.4, 0.5) is 0 Å². The van der Waals surface area contributed by atoms with Crippen LogP contribution >= 0.6 is 15.9 Å². The fraction of sp³-hybridized carbons (Fsp3) is 0.571. The number of aromatic nitrogens is 1. The number of pyridine rings is 1. The van der Waals surface area contributed by atoms with Crippen LogP contribution in [0.1, 0.15) is 27.2 Å². The monoisotopic (exact) mass is 342 g/mol. The lowest BCUT2D eigenvalue weighted by molar-refractivity contribution is -0.168. The van der Waals surface area contributed by atoms with Crippen molar-refractivity contribution in [1.82, 2.24) is 10.3 Å². The maximum absolute atomic E-state index is 12.3. The minimum absolute atomic E-state index is 0.236. The predicted octanol–water partition coefficient (Wildman–Crippen LogP) is 2.30. The van der Waals surface area contributed by atoms with E-state index < -0.39 is 11.1 Å². The molecule has 0 aliphatic carbocycles. The van der Waals surface area contributed by atoms with Crippen LogP contribution in [0.25, 0.3) is 0 Å². The molecule has 2 rings (SSSR count). The molecule has 1 aliphatic heterocycles. The number of halogens is 1. The molecule has 1 fully saturated rings. The second-order valence-electron chi connectivity index (χ2n) is 5.89. The Morgan fingerprint density at radius 2 is 2.20 bits per heavy atom. The van der Waals surface area contributed by atoms with Gasteiger partial charge in [0, 0.05) is 10.7 Å². The van der Waals surface area contributed by atoms with Gasteiger partial charge in [0.15, 0.2) is 5.54 Å². The molecule has 6 heteroatoms. The smallest absolute Gasteiger partial charge is 0.330 e. The number of carbonyl (C=O) groups excluding carboxylic acids is 1. The number of nitrogens with zero attached hydrogens (tertiary/aromatic N) is 1. The summed E-state index contributed by atoms with van der Waals surface area (Å²) in [5.74, 6) is 0.357. The van der Waals surface area contributed by atoms with E-state index in [4.69, 9.17) is 9.47 Å². The lowest BCUT2D eigenvalue weighted by Gasteiger charge is -2.41. The highest BCUT2D eigenvalue weighted by Crippen LogP contribution is 2.25. The number of rotatable bonds is 4. The molecule has 1 atom stereocenters. The van der Waals surface area contributed by atoms with Crippen molar-refractivity contribution < 1.29 is 14.3 Å². The molecule has 0 saturated carbocycles. The first kappa shape index (κ1) is 15.3. The Kier molecular flexibility index (Phi) is 4.34. The lowest BCUT2D eigenvalue weighted by Crippen LogP contribution is -2.66. The minimum Gasteiger partial charge on any atom is -0.489 e. The Bertz CT molecular complexity index is 495. The Hall–Kier alpha value is -1.14. The molecule has 1 N–H and O–H groups in total. The maximum Gasteiger partial charge on any atom is 0.330 e. The zero-order valence-electron chi connectivity index (χ0n) is 11.9. The van der Waals surface area contributed by atoms with Crippen molar-refractivity contribution in [2.75, 3.05) is 13.2 Å². The molecule has 1 aliphatic rings. The summed E-state index contributed by atoms with van der Waals surface area (Å²) in [6.07, 6.45) is 4.01. The molecule has 5 nitrogen and oxygen atoms in total. The summed E-state index contributed by atoms with van der Waals surface area (Å²) < 4.78 is 12.0. The molecule has 2 heterocycles. The third kappa shape index (κ3) is 3.70. The summed E-state index contributed by atoms with van der Waals surface area (Å²) in [5.41, 5.74) is -1.24. The van der Waals surface area contributed by atoms with E-state index in [-0.39, 0.29) is 12.6 Å². The number of hydrogen-bond donors (Lipinski definition) is 1. The predicted molar refractivity (Wildman–Crippen MR) is 78.6 cm³/mol. The van der Waals surface area contributed by atoms with Gasteiger partial charge in [-0.05, 0) is 55.7 Å². The van der Waals surface area contributed by atoms with Crippen molar-refractivity contribution in [2.45, 2.75) is 38.3 Å². The minimum atomic E-state index is -0.740. The van der Waals surface area contributed by atoms with Gasteiger partial charge >= 0.3 is 5.97 Å². The number of esters is 1. The second kappa shape index (κ2) is 5.69. The quantitative estimate of drug-likeness (QED) is 0.850. The van der Waals surface area contributed by atoms with Crippen LogP contribution in [0.2, 0.25) is 0 Å². The van der Waals surface area contributed by atoms with Gasteiger partial charge in [0.1, 0.15) is 18.0 Å². The van der Waals surface area contributed by atoms with Crippen molar-refractivity contribution in [3.8, 4) is 5.75 Å². The van der Waals surface area contributed by atoms with Gasteiger partial charge in [-0.25, -0.2) is 4.79 Å². The molecule has 1 saturated heterocycles. The van der Waals surface area contributed by atoms with Gasteiger partial charge in [0.25, 0.3) is 0 Å². The summed E-state index contributed by atoms with van der Waals surface area (Å²) in [4.78, 5) is 16.3. The number of carbonyl (C=O) groups is 1. The highest BCUT2D eigenvalue weighted by molar-refractivity contribution is 9.10. The van der Waals surface area contributed by atoms with Crippen molar-refractivity contribution in [3.63, 3.8) is 0 Å². The molecule has 0 amide bonds. The van der Waals surface area contributed by atoms with Crippen LogP contribution in [-0.4, -0.2) is 35.2 Å². The summed E-state index contributed by atoms with van der Waals surface area (Å²) in [5, 5.41) is 3.13. The summed E-state index contributed by atoms with van der Waals surface area (Å²) in [6.45, 7) is 6.60. The van der Waals surface area contributed by atoms with E-state index >= 15 is 0 Å². The van der Waals surface area contributed by atoms with E-state index in [1.165, 1.54) is 0 Å². The third-order valence-corrected chi connectivity index (χ3v) is 3.40. The first-order valence-corrected chi connectivity index (χ1v) is 7.32. The van der Waals surface area contributed by atoms with Crippen LogP contribution in [0, 0.1) is 0 Å². The van der Waals surface area contributed by atoms with Gasteiger partial charge < -0.3 is 9.47 Å². The number of hydrogen-bond acceptors (Lipinski definition) is 5. The van der Waals surface area contributed by atoms with E-state index in [9.17, 15) is 4.79 Å². The van der Waals surface area contributed by atoms with Gasteiger partial charge in [-0.3, -0.25) is 10.3 Å². The molecule has 1 aromatic rings. The molecular weight excluding hydrogens is 324 g/mol. The highest BCUT2D eigenvalue weighted by atomic mass is 79.9. The first-order valence-electron chi connectivity index (χ1n) is 6.53. The number of nitrogens with one attached hydrogen (secondary N) is 1. The molecule has 0 spiro atoms. The maximum atomic E-state index is 12.3. The zero-order chi connectivity index (χ0) is 14.8.